The van der Waals surface area contributed by atoms with E-state index in [4.69, 9.17) is 10.5 Å². The molecule has 1 fully saturated rings. The number of carbonyl (C=O) groups excluding carboxylic acids is 1. The summed E-state index contributed by atoms with van der Waals surface area (Å²) < 4.78 is 5.22. The molecule has 0 amide bonds. The van der Waals surface area contributed by atoms with Crippen LogP contribution in [0, 0.1) is 11.3 Å². The number of hydrogen-bond acceptors (Lipinski definition) is 4. The molecule has 2 N–H and O–H groups in total. The van der Waals surface area contributed by atoms with Crippen molar-refractivity contribution in [3.8, 4) is 0 Å². The highest BCUT2D eigenvalue weighted by Gasteiger charge is 2.58. The first-order chi connectivity index (χ1) is 13.4. The van der Waals surface area contributed by atoms with Crippen molar-refractivity contribution in [2.75, 3.05) is 38.3 Å². The molecule has 0 saturated heterocycles. The molecule has 1 saturated carbocycles. The molecule has 0 heterocycles. The summed E-state index contributed by atoms with van der Waals surface area (Å²) >= 11 is 0. The summed E-state index contributed by atoms with van der Waals surface area (Å²) in [6, 6.07) is 19.1. The minimum absolute atomic E-state index is 0.0929. The van der Waals surface area contributed by atoms with E-state index in [2.05, 4.69) is 80.4 Å². The molecule has 0 spiro atoms. The Kier molecular flexibility index (Phi) is 6.53. The molecule has 150 valence electrons. The first-order valence-corrected chi connectivity index (χ1v) is 10.1. The third-order valence-electron chi connectivity index (χ3n) is 5.98. The molecule has 2 aromatic rings. The lowest BCUT2D eigenvalue weighted by Crippen LogP contribution is -2.21. The Labute approximate surface area is 168 Å². The van der Waals surface area contributed by atoms with Crippen molar-refractivity contribution in [3.63, 3.8) is 0 Å². The fraction of sp³-hybridized carbons (Fsp3) is 0.458. The third-order valence-corrected chi connectivity index (χ3v) is 5.98. The van der Waals surface area contributed by atoms with Crippen molar-refractivity contribution in [2.24, 2.45) is 17.1 Å². The Balaban J connectivity index is 1.58. The van der Waals surface area contributed by atoms with Crippen LogP contribution in [-0.2, 0) is 16.0 Å². The van der Waals surface area contributed by atoms with Gasteiger partial charge in [0, 0.05) is 32.2 Å². The Morgan fingerprint density at radius 3 is 2.43 bits per heavy atom. The zero-order valence-corrected chi connectivity index (χ0v) is 17.2. The Bertz CT molecular complexity index is 771. The van der Waals surface area contributed by atoms with Gasteiger partial charge in [0.25, 0.3) is 0 Å². The molecule has 0 aromatic heterocycles. The van der Waals surface area contributed by atoms with Crippen LogP contribution in [0.5, 0.6) is 0 Å². The maximum absolute atomic E-state index is 12.0. The SMILES string of the molecule is CN(CC1C(c2ccc(CC(=O)COCCN)cc2)C1(C)C)c1ccccc1. The number of Topliss-reactive ketones (excluding diaryl/α,β-unsaturated/α-hetero) is 1. The van der Waals surface area contributed by atoms with Gasteiger partial charge in [-0.05, 0) is 40.5 Å². The summed E-state index contributed by atoms with van der Waals surface area (Å²) in [4.78, 5) is 14.3. The fourth-order valence-electron chi connectivity index (χ4n) is 4.22. The molecule has 2 atom stereocenters. The Hall–Kier alpha value is -2.17. The van der Waals surface area contributed by atoms with Crippen LogP contribution >= 0.6 is 0 Å². The van der Waals surface area contributed by atoms with Gasteiger partial charge in [-0.25, -0.2) is 0 Å². The van der Waals surface area contributed by atoms with Gasteiger partial charge in [-0.3, -0.25) is 4.79 Å². The molecular weight excluding hydrogens is 348 g/mol. The first kappa shape index (κ1) is 20.6. The second-order valence-electron chi connectivity index (χ2n) is 8.42. The topological polar surface area (TPSA) is 55.6 Å². The number of hydrogen-bond donors (Lipinski definition) is 1. The van der Waals surface area contributed by atoms with E-state index in [-0.39, 0.29) is 17.8 Å². The van der Waals surface area contributed by atoms with Crippen molar-refractivity contribution in [2.45, 2.75) is 26.2 Å². The molecule has 3 rings (SSSR count). The van der Waals surface area contributed by atoms with Crippen LogP contribution < -0.4 is 10.6 Å². The molecule has 2 unspecified atom stereocenters. The summed E-state index contributed by atoms with van der Waals surface area (Å²) in [5, 5.41) is 0. The summed E-state index contributed by atoms with van der Waals surface area (Å²) in [5.41, 5.74) is 9.33. The monoisotopic (exact) mass is 380 g/mol. The number of rotatable bonds is 10. The number of nitrogens with zero attached hydrogens (tertiary/aromatic N) is 1. The van der Waals surface area contributed by atoms with Gasteiger partial charge in [-0.2, -0.15) is 0 Å². The number of benzene rings is 2. The van der Waals surface area contributed by atoms with Crippen molar-refractivity contribution < 1.29 is 9.53 Å². The molecule has 2 aromatic carbocycles. The molecule has 1 aliphatic rings. The normalized spacial score (nSPS) is 20.0. The molecule has 4 heteroatoms. The average molecular weight is 381 g/mol. The van der Waals surface area contributed by atoms with E-state index in [9.17, 15) is 4.79 Å². The average Bonchev–Trinajstić information content (AvgIpc) is 3.23. The van der Waals surface area contributed by atoms with Crippen molar-refractivity contribution >= 4 is 11.5 Å². The Morgan fingerprint density at radius 2 is 1.79 bits per heavy atom. The van der Waals surface area contributed by atoms with Gasteiger partial charge >= 0.3 is 0 Å². The highest BCUT2D eigenvalue weighted by molar-refractivity contribution is 5.82. The molecule has 28 heavy (non-hydrogen) atoms. The predicted molar refractivity (Wildman–Crippen MR) is 115 cm³/mol. The zero-order chi connectivity index (χ0) is 20.1. The van der Waals surface area contributed by atoms with Crippen LogP contribution in [0.15, 0.2) is 54.6 Å². The predicted octanol–water partition coefficient (Wildman–Crippen LogP) is 3.65. The van der Waals surface area contributed by atoms with E-state index >= 15 is 0 Å². The van der Waals surface area contributed by atoms with Crippen molar-refractivity contribution in [1.29, 1.82) is 0 Å². The summed E-state index contributed by atoms with van der Waals surface area (Å²) in [5.74, 6) is 1.27. The van der Waals surface area contributed by atoms with Crippen LogP contribution in [0.25, 0.3) is 0 Å². The van der Waals surface area contributed by atoms with E-state index in [0.29, 0.717) is 31.4 Å². The van der Waals surface area contributed by atoms with Crippen molar-refractivity contribution in [3.05, 3.63) is 65.7 Å². The van der Waals surface area contributed by atoms with Crippen LogP contribution in [0.4, 0.5) is 5.69 Å². The summed E-state index contributed by atoms with van der Waals surface area (Å²) in [6.45, 7) is 6.77. The Morgan fingerprint density at radius 1 is 1.11 bits per heavy atom. The quantitative estimate of drug-likeness (QED) is 0.639. The second-order valence-corrected chi connectivity index (χ2v) is 8.42. The molecule has 0 bridgehead atoms. The lowest BCUT2D eigenvalue weighted by molar-refractivity contribution is -0.122. The highest BCUT2D eigenvalue weighted by atomic mass is 16.5. The first-order valence-electron chi connectivity index (χ1n) is 10.1. The van der Waals surface area contributed by atoms with Gasteiger partial charge in [0.2, 0.25) is 0 Å². The van der Waals surface area contributed by atoms with E-state index < -0.39 is 0 Å². The molecule has 0 radical (unpaired) electrons. The number of ether oxygens (including phenoxy) is 1. The summed E-state index contributed by atoms with van der Waals surface area (Å²) in [7, 11) is 2.17. The van der Waals surface area contributed by atoms with E-state index in [0.717, 1.165) is 12.1 Å². The lowest BCUT2D eigenvalue weighted by atomic mass is 10.0. The van der Waals surface area contributed by atoms with Gasteiger partial charge in [0.05, 0.1) is 6.61 Å². The highest BCUT2D eigenvalue weighted by Crippen LogP contribution is 2.64. The van der Waals surface area contributed by atoms with Crippen LogP contribution in [0.1, 0.15) is 30.9 Å². The third kappa shape index (κ3) is 4.81. The maximum Gasteiger partial charge on any atom is 0.162 e. The smallest absolute Gasteiger partial charge is 0.162 e. The zero-order valence-electron chi connectivity index (χ0n) is 17.2. The van der Waals surface area contributed by atoms with Crippen LogP contribution in [-0.4, -0.2) is 39.1 Å². The molecule has 4 nitrogen and oxygen atoms in total. The minimum atomic E-state index is 0.0929. The molecular formula is C24H32N2O2. The minimum Gasteiger partial charge on any atom is -0.374 e. The van der Waals surface area contributed by atoms with E-state index in [1.165, 1.54) is 11.3 Å². The molecule has 0 aliphatic heterocycles. The van der Waals surface area contributed by atoms with Crippen LogP contribution in [0.3, 0.4) is 0 Å². The van der Waals surface area contributed by atoms with E-state index in [1.54, 1.807) is 0 Å². The molecule has 1 aliphatic carbocycles. The number of para-hydroxylation sites is 1. The number of ketones is 1. The summed E-state index contributed by atoms with van der Waals surface area (Å²) in [6.07, 6.45) is 0.416. The largest absolute Gasteiger partial charge is 0.374 e. The van der Waals surface area contributed by atoms with Gasteiger partial charge in [-0.15, -0.1) is 0 Å². The number of nitrogens with two attached hydrogens (primary N) is 1. The van der Waals surface area contributed by atoms with Crippen molar-refractivity contribution in [1.82, 2.24) is 0 Å². The van der Waals surface area contributed by atoms with Gasteiger partial charge in [0.1, 0.15) is 6.61 Å². The van der Waals surface area contributed by atoms with Gasteiger partial charge in [-0.1, -0.05) is 56.3 Å². The standard InChI is InChI=1S/C24H32N2O2/c1-24(2)22(16-26(3)20-7-5-4-6-8-20)23(24)19-11-9-18(10-12-19)15-21(27)17-28-14-13-25/h4-12,22-23H,13-17,25H2,1-3H3. The number of anilines is 1. The van der Waals surface area contributed by atoms with Gasteiger partial charge in [0.15, 0.2) is 5.78 Å². The number of carbonyl (C=O) groups is 1. The lowest BCUT2D eigenvalue weighted by Gasteiger charge is -2.20. The van der Waals surface area contributed by atoms with Gasteiger partial charge < -0.3 is 15.4 Å². The second kappa shape index (κ2) is 8.89. The maximum atomic E-state index is 12.0. The van der Waals surface area contributed by atoms with Crippen LogP contribution in [0.2, 0.25) is 0 Å². The fourth-order valence-corrected chi connectivity index (χ4v) is 4.22. The van der Waals surface area contributed by atoms with E-state index in [1.807, 2.05) is 0 Å².